The average molecular weight is 804 g/mol. The Morgan fingerprint density at radius 1 is 1.11 bits per heavy atom. The summed E-state index contributed by atoms with van der Waals surface area (Å²) in [7, 11) is 2.10. The Bertz CT molecular complexity index is 2280. The number of fused-ring (bicyclic) bond motifs is 4. The highest BCUT2D eigenvalue weighted by molar-refractivity contribution is 6.43. The van der Waals surface area contributed by atoms with E-state index in [4.69, 9.17) is 37.7 Å². The molecule has 5 aliphatic rings. The second kappa shape index (κ2) is 14.7. The smallest absolute Gasteiger partial charge is 0.410 e. The summed E-state index contributed by atoms with van der Waals surface area (Å²) in [6, 6.07) is 11.0. The van der Waals surface area contributed by atoms with Gasteiger partial charge in [0.2, 0.25) is 11.8 Å². The molecule has 9 rings (SSSR count). The van der Waals surface area contributed by atoms with E-state index in [0.717, 1.165) is 55.2 Å². The molecule has 56 heavy (non-hydrogen) atoms. The van der Waals surface area contributed by atoms with Gasteiger partial charge in [0.25, 0.3) is 0 Å². The fraction of sp³-hybridized carbons (Fsp3) is 0.535. The van der Waals surface area contributed by atoms with E-state index in [1.54, 1.807) is 25.1 Å². The predicted octanol–water partition coefficient (Wildman–Crippen LogP) is 9.48. The fourth-order valence-corrected chi connectivity index (χ4v) is 10.3. The Balaban J connectivity index is 1.42. The van der Waals surface area contributed by atoms with Gasteiger partial charge in [-0.3, -0.25) is 9.69 Å². The number of benzene rings is 2. The minimum atomic E-state index is -0.657. The van der Waals surface area contributed by atoms with Crippen molar-refractivity contribution in [3.63, 3.8) is 0 Å². The highest BCUT2D eigenvalue weighted by Gasteiger charge is 2.57. The summed E-state index contributed by atoms with van der Waals surface area (Å²) in [5.41, 5.74) is 2.39. The predicted molar refractivity (Wildman–Crippen MR) is 216 cm³/mol. The molecule has 2 aromatic carbocycles. The van der Waals surface area contributed by atoms with Crippen LogP contribution in [0, 0.1) is 23.1 Å². The van der Waals surface area contributed by atoms with Crippen molar-refractivity contribution < 1.29 is 23.5 Å². The van der Waals surface area contributed by atoms with Gasteiger partial charge >= 0.3 is 6.09 Å². The molecule has 6 heterocycles. The summed E-state index contributed by atoms with van der Waals surface area (Å²) in [6.45, 7) is 11.4. The van der Waals surface area contributed by atoms with Crippen molar-refractivity contribution in [1.82, 2.24) is 24.3 Å². The Labute approximate surface area is 337 Å². The summed E-state index contributed by atoms with van der Waals surface area (Å²) < 4.78 is 32.7. The number of likely N-dealkylation sites (N-methyl/N-ethyl adjacent to an activating group) is 1. The maximum atomic E-state index is 17.7. The Kier molecular flexibility index (Phi) is 10.2. The summed E-state index contributed by atoms with van der Waals surface area (Å²) in [5.74, 6) is -0.165. The molecule has 2 amide bonds. The summed E-state index contributed by atoms with van der Waals surface area (Å²) >= 11 is 13.3. The quantitative estimate of drug-likeness (QED) is 0.175. The Morgan fingerprint density at radius 2 is 1.88 bits per heavy atom. The number of aryl methyl sites for hydroxylation is 1. The van der Waals surface area contributed by atoms with Crippen LogP contribution in [-0.4, -0.2) is 86.7 Å². The van der Waals surface area contributed by atoms with Gasteiger partial charge in [0.05, 0.1) is 45.1 Å². The maximum Gasteiger partial charge on any atom is 0.410 e. The molecule has 1 unspecified atom stereocenters. The molecule has 296 valence electrons. The lowest BCUT2D eigenvalue weighted by Crippen LogP contribution is -2.45. The highest BCUT2D eigenvalue weighted by atomic mass is 35.5. The van der Waals surface area contributed by atoms with Crippen molar-refractivity contribution in [2.24, 2.45) is 5.92 Å². The molecule has 13 heteroatoms. The van der Waals surface area contributed by atoms with Crippen LogP contribution in [0.25, 0.3) is 32.9 Å². The normalized spacial score (nSPS) is 24.2. The zero-order chi connectivity index (χ0) is 39.8. The lowest BCUT2D eigenvalue weighted by Gasteiger charge is -2.40. The molecular weight excluding hydrogens is 754 g/mol. The number of pyridine rings is 1. The monoisotopic (exact) mass is 802 g/mol. The van der Waals surface area contributed by atoms with Crippen molar-refractivity contribution in [3.8, 4) is 23.1 Å². The SMILES string of the molecule is CC(=O)N1CCC[C@@H]1c1cc2c(OC(C)[C@@H]3CCCN3C)nc3c(F)c(-c4cccc(Cl)c4Cl)c(CCC#N)cc3c2n1[C@H]1[C@@H]2C[C@H]1N(C(=O)OC(C)(C)C)C2. The highest BCUT2D eigenvalue weighted by Crippen LogP contribution is 2.55. The molecule has 1 saturated carbocycles. The van der Waals surface area contributed by atoms with E-state index >= 15 is 4.39 Å². The summed E-state index contributed by atoms with van der Waals surface area (Å²) in [6.07, 6.45) is 4.24. The first-order valence-electron chi connectivity index (χ1n) is 19.8. The lowest BCUT2D eigenvalue weighted by atomic mass is 9.79. The van der Waals surface area contributed by atoms with Crippen molar-refractivity contribution >= 4 is 57.0 Å². The van der Waals surface area contributed by atoms with E-state index in [0.29, 0.717) is 35.5 Å². The van der Waals surface area contributed by atoms with Gasteiger partial charge in [-0.15, -0.1) is 0 Å². The number of nitrogens with zero attached hydrogens (tertiary/aromatic N) is 6. The topological polar surface area (TPSA) is 104 Å². The Hall–Kier alpha value is -4.11. The molecule has 1 aliphatic carbocycles. The van der Waals surface area contributed by atoms with Crippen molar-refractivity contribution in [2.75, 3.05) is 26.7 Å². The van der Waals surface area contributed by atoms with Gasteiger partial charge in [0.1, 0.15) is 17.2 Å². The second-order valence-corrected chi connectivity index (χ2v) is 17.9. The first-order valence-corrected chi connectivity index (χ1v) is 20.6. The van der Waals surface area contributed by atoms with Crippen LogP contribution in [0.3, 0.4) is 0 Å². The number of likely N-dealkylation sites (tertiary alicyclic amines) is 2. The zero-order valence-corrected chi connectivity index (χ0v) is 34.4. The van der Waals surface area contributed by atoms with Crippen molar-refractivity contribution in [1.29, 1.82) is 5.26 Å². The number of amides is 2. The molecule has 10 nitrogen and oxygen atoms in total. The first kappa shape index (κ1) is 38.7. The minimum absolute atomic E-state index is 0.0125. The molecular formula is C43H49Cl2FN6O4. The second-order valence-electron chi connectivity index (χ2n) is 17.1. The largest absolute Gasteiger partial charge is 0.472 e. The van der Waals surface area contributed by atoms with Gasteiger partial charge in [-0.2, -0.15) is 5.26 Å². The minimum Gasteiger partial charge on any atom is -0.472 e. The third kappa shape index (κ3) is 6.55. The number of hydrogen-bond donors (Lipinski definition) is 0. The lowest BCUT2D eigenvalue weighted by molar-refractivity contribution is -0.129. The van der Waals surface area contributed by atoms with Gasteiger partial charge in [-0.1, -0.05) is 35.3 Å². The van der Waals surface area contributed by atoms with Gasteiger partial charge in [-0.25, -0.2) is 14.2 Å². The van der Waals surface area contributed by atoms with Crippen molar-refractivity contribution in [3.05, 3.63) is 57.5 Å². The molecule has 0 spiro atoms. The van der Waals surface area contributed by atoms with Crippen LogP contribution in [0.4, 0.5) is 9.18 Å². The van der Waals surface area contributed by atoms with E-state index in [2.05, 4.69) is 28.7 Å². The van der Waals surface area contributed by atoms with Crippen LogP contribution in [0.1, 0.15) is 96.5 Å². The van der Waals surface area contributed by atoms with E-state index in [9.17, 15) is 14.9 Å². The molecule has 2 bridgehead atoms. The van der Waals surface area contributed by atoms with Gasteiger partial charge in [-0.05, 0) is 104 Å². The van der Waals surface area contributed by atoms with E-state index in [-0.39, 0.29) is 82.2 Å². The zero-order valence-electron chi connectivity index (χ0n) is 32.9. The summed E-state index contributed by atoms with van der Waals surface area (Å²) in [5, 5.41) is 11.5. The molecule has 4 saturated heterocycles. The van der Waals surface area contributed by atoms with Gasteiger partial charge < -0.3 is 23.8 Å². The van der Waals surface area contributed by atoms with E-state index in [1.807, 2.05) is 43.6 Å². The first-order chi connectivity index (χ1) is 26.7. The molecule has 0 N–H and O–H groups in total. The molecule has 4 aliphatic heterocycles. The molecule has 6 atom stereocenters. The average Bonchev–Trinajstić information content (AvgIpc) is 3.97. The third-order valence-electron chi connectivity index (χ3n) is 12.4. The number of halogens is 3. The number of carbonyl (C=O) groups excluding carboxylic acids is 2. The number of ether oxygens (including phenoxy) is 2. The van der Waals surface area contributed by atoms with Crippen LogP contribution in [0.2, 0.25) is 10.0 Å². The molecule has 5 fully saturated rings. The van der Waals surface area contributed by atoms with Gasteiger partial charge in [0.15, 0.2) is 5.82 Å². The van der Waals surface area contributed by atoms with Crippen LogP contribution >= 0.6 is 23.2 Å². The number of rotatable bonds is 8. The summed E-state index contributed by atoms with van der Waals surface area (Å²) in [4.78, 5) is 37.9. The Morgan fingerprint density at radius 3 is 2.57 bits per heavy atom. The molecule has 4 aromatic rings. The number of nitriles is 1. The van der Waals surface area contributed by atoms with Crippen LogP contribution in [0.15, 0.2) is 30.3 Å². The number of hydrogen-bond acceptors (Lipinski definition) is 7. The molecule has 0 radical (unpaired) electrons. The fourth-order valence-electron chi connectivity index (χ4n) is 9.91. The van der Waals surface area contributed by atoms with Gasteiger partial charge in [0, 0.05) is 60.6 Å². The molecule has 2 aromatic heterocycles. The maximum absolute atomic E-state index is 17.7. The van der Waals surface area contributed by atoms with Crippen LogP contribution < -0.4 is 4.74 Å². The van der Waals surface area contributed by atoms with Crippen LogP contribution in [0.5, 0.6) is 5.88 Å². The van der Waals surface area contributed by atoms with E-state index < -0.39 is 11.4 Å². The number of aromatic nitrogens is 2. The standard InChI is InChI=1S/C43H49Cl2FN6O4/c1-23(31-14-9-17-49(31)6)55-41-29-21-33(32-15-10-18-50(32)24(2)53)52(39-26-20-34(39)51(22-26)42(54)56-43(3,4)5)40(29)28-19-25(11-8-16-47)35(37(46)38(28)48-41)27-12-7-13-30(44)36(27)45/h7,12-13,19,21,23,26,31-32,34,39H,8-11,14-15,17-18,20,22H2,1-6H3/t23?,26-,31+,32-,34-,39+/m1/s1. The third-order valence-corrected chi connectivity index (χ3v) is 13.2. The number of carbonyl (C=O) groups is 2. The van der Waals surface area contributed by atoms with Crippen molar-refractivity contribution in [2.45, 2.75) is 115 Å². The van der Waals surface area contributed by atoms with E-state index in [1.165, 1.54) is 0 Å². The van der Waals surface area contributed by atoms with Crippen LogP contribution in [-0.2, 0) is 16.0 Å².